The third-order valence-corrected chi connectivity index (χ3v) is 7.31. The highest BCUT2D eigenvalue weighted by atomic mass is 19.2. The van der Waals surface area contributed by atoms with E-state index in [9.17, 15) is 8.78 Å². The van der Waals surface area contributed by atoms with Gasteiger partial charge in [0, 0.05) is 0 Å². The zero-order valence-electron chi connectivity index (χ0n) is 17.8. The maximum Gasteiger partial charge on any atom is 0.200 e. The van der Waals surface area contributed by atoms with E-state index in [2.05, 4.69) is 6.92 Å². The number of rotatable bonds is 8. The lowest BCUT2D eigenvalue weighted by molar-refractivity contribution is 0.223. The number of hydrogen-bond donors (Lipinski definition) is 0. The Morgan fingerprint density at radius 2 is 1.29 bits per heavy atom. The van der Waals surface area contributed by atoms with Crippen LogP contribution in [0.25, 0.3) is 0 Å². The molecule has 2 aliphatic carbocycles. The van der Waals surface area contributed by atoms with Crippen LogP contribution in [-0.2, 0) is 0 Å². The van der Waals surface area contributed by atoms with Crippen molar-refractivity contribution in [1.82, 2.24) is 0 Å². The Balaban J connectivity index is 1.43. The van der Waals surface area contributed by atoms with E-state index >= 15 is 0 Å². The molecule has 3 heteroatoms. The summed E-state index contributed by atoms with van der Waals surface area (Å²) >= 11 is 0. The Kier molecular flexibility index (Phi) is 8.17. The van der Waals surface area contributed by atoms with Crippen LogP contribution in [0.1, 0.15) is 102 Å². The molecule has 1 nitrogen and oxygen atoms in total. The molecule has 1 aromatic rings. The lowest BCUT2D eigenvalue weighted by atomic mass is 9.74. The van der Waals surface area contributed by atoms with Crippen molar-refractivity contribution < 1.29 is 13.5 Å². The van der Waals surface area contributed by atoms with Gasteiger partial charge in [0.15, 0.2) is 11.6 Å². The quantitative estimate of drug-likeness (QED) is 0.435. The summed E-state index contributed by atoms with van der Waals surface area (Å²) in [6.07, 6.45) is 15.5. The fraction of sp³-hybridized carbons (Fsp3) is 0.760. The van der Waals surface area contributed by atoms with E-state index in [1.165, 1.54) is 51.4 Å². The van der Waals surface area contributed by atoms with Crippen molar-refractivity contribution in [3.05, 3.63) is 29.3 Å². The molecule has 1 aromatic carbocycles. The van der Waals surface area contributed by atoms with Gasteiger partial charge in [-0.2, -0.15) is 4.39 Å². The van der Waals surface area contributed by atoms with Gasteiger partial charge < -0.3 is 4.74 Å². The Morgan fingerprint density at radius 3 is 1.82 bits per heavy atom. The summed E-state index contributed by atoms with van der Waals surface area (Å²) < 4.78 is 33.8. The molecule has 0 spiro atoms. The second-order valence-electron chi connectivity index (χ2n) is 9.18. The molecule has 0 bridgehead atoms. The molecule has 2 fully saturated rings. The second kappa shape index (κ2) is 10.6. The van der Waals surface area contributed by atoms with Gasteiger partial charge in [-0.05, 0) is 67.9 Å². The number of hydrogen-bond acceptors (Lipinski definition) is 1. The fourth-order valence-corrected chi connectivity index (χ4v) is 5.58. The minimum atomic E-state index is -0.819. The van der Waals surface area contributed by atoms with Gasteiger partial charge in [0.25, 0.3) is 0 Å². The summed E-state index contributed by atoms with van der Waals surface area (Å²) in [6.45, 7) is 4.43. The van der Waals surface area contributed by atoms with Crippen molar-refractivity contribution in [2.45, 2.75) is 96.8 Å². The molecule has 0 aromatic heterocycles. The molecule has 0 aliphatic heterocycles. The van der Waals surface area contributed by atoms with Crippen LogP contribution >= 0.6 is 0 Å². The van der Waals surface area contributed by atoms with Crippen molar-refractivity contribution in [3.63, 3.8) is 0 Å². The van der Waals surface area contributed by atoms with Crippen LogP contribution < -0.4 is 4.74 Å². The molecular weight excluding hydrogens is 354 g/mol. The summed E-state index contributed by atoms with van der Waals surface area (Å²) in [5.41, 5.74) is 0.550. The Hall–Kier alpha value is -1.12. The molecule has 0 radical (unpaired) electrons. The molecule has 2 aliphatic rings. The number of ether oxygens (including phenoxy) is 1. The molecule has 3 rings (SSSR count). The molecule has 0 atom stereocenters. The summed E-state index contributed by atoms with van der Waals surface area (Å²) in [5.74, 6) is 1.38. The number of halogens is 2. The van der Waals surface area contributed by atoms with Gasteiger partial charge in [0.05, 0.1) is 6.61 Å². The molecule has 0 unspecified atom stereocenters. The first-order chi connectivity index (χ1) is 13.6. The van der Waals surface area contributed by atoms with E-state index in [0.29, 0.717) is 12.2 Å². The van der Waals surface area contributed by atoms with Crippen molar-refractivity contribution in [1.29, 1.82) is 0 Å². The second-order valence-corrected chi connectivity index (χ2v) is 9.18. The SMILES string of the molecule is CCCC1CCC(CCC2CCC(c3ccc(OCC)c(F)c3F)CC2)CC1. The predicted molar refractivity (Wildman–Crippen MR) is 112 cm³/mol. The van der Waals surface area contributed by atoms with Crippen LogP contribution in [0.3, 0.4) is 0 Å². The third kappa shape index (κ3) is 5.48. The standard InChI is InChI=1S/C25H38F2O/c1-3-5-18-6-8-19(9-7-18)10-11-20-12-14-21(15-13-20)22-16-17-23(28-4-2)25(27)24(22)26/h16-21H,3-15H2,1-2H3. The average Bonchev–Trinajstić information content (AvgIpc) is 2.72. The minimum absolute atomic E-state index is 0.0334. The molecule has 0 heterocycles. The summed E-state index contributed by atoms with van der Waals surface area (Å²) in [7, 11) is 0. The van der Waals surface area contributed by atoms with Gasteiger partial charge in [0.1, 0.15) is 0 Å². The van der Waals surface area contributed by atoms with E-state index in [1.807, 2.05) is 0 Å². The molecule has 2 saturated carbocycles. The smallest absolute Gasteiger partial charge is 0.200 e. The van der Waals surface area contributed by atoms with Gasteiger partial charge in [-0.1, -0.05) is 64.4 Å². The van der Waals surface area contributed by atoms with Crippen LogP contribution in [0.4, 0.5) is 8.78 Å². The van der Waals surface area contributed by atoms with E-state index in [-0.39, 0.29) is 11.7 Å². The van der Waals surface area contributed by atoms with E-state index in [4.69, 9.17) is 4.74 Å². The maximum absolute atomic E-state index is 14.5. The van der Waals surface area contributed by atoms with E-state index < -0.39 is 11.6 Å². The van der Waals surface area contributed by atoms with Crippen molar-refractivity contribution in [3.8, 4) is 5.75 Å². The molecule has 0 N–H and O–H groups in total. The van der Waals surface area contributed by atoms with E-state index in [0.717, 1.165) is 43.4 Å². The van der Waals surface area contributed by atoms with Crippen molar-refractivity contribution >= 4 is 0 Å². The first-order valence-corrected chi connectivity index (χ1v) is 11.7. The van der Waals surface area contributed by atoms with Gasteiger partial charge in [-0.3, -0.25) is 0 Å². The molecule has 158 valence electrons. The first-order valence-electron chi connectivity index (χ1n) is 11.7. The summed E-state index contributed by atoms with van der Waals surface area (Å²) in [4.78, 5) is 0. The lowest BCUT2D eigenvalue weighted by Gasteiger charge is -2.32. The molecule has 0 saturated heterocycles. The predicted octanol–water partition coefficient (Wildman–Crippen LogP) is 8.02. The highest BCUT2D eigenvalue weighted by Crippen LogP contribution is 2.41. The van der Waals surface area contributed by atoms with E-state index in [1.54, 1.807) is 19.1 Å². The Labute approximate surface area is 170 Å². The molecule has 28 heavy (non-hydrogen) atoms. The van der Waals surface area contributed by atoms with Crippen LogP contribution in [0.5, 0.6) is 5.75 Å². The summed E-state index contributed by atoms with van der Waals surface area (Å²) in [5, 5.41) is 0. The van der Waals surface area contributed by atoms with Gasteiger partial charge in [0.2, 0.25) is 5.82 Å². The van der Waals surface area contributed by atoms with Crippen LogP contribution in [-0.4, -0.2) is 6.61 Å². The zero-order valence-corrected chi connectivity index (χ0v) is 17.8. The topological polar surface area (TPSA) is 9.23 Å². The first kappa shape index (κ1) is 21.6. The number of benzene rings is 1. The summed E-state index contributed by atoms with van der Waals surface area (Å²) in [6, 6.07) is 3.33. The minimum Gasteiger partial charge on any atom is -0.491 e. The zero-order chi connectivity index (χ0) is 19.9. The van der Waals surface area contributed by atoms with Crippen molar-refractivity contribution in [2.24, 2.45) is 17.8 Å². The highest BCUT2D eigenvalue weighted by Gasteiger charge is 2.28. The normalized spacial score (nSPS) is 28.3. The maximum atomic E-state index is 14.5. The van der Waals surface area contributed by atoms with Gasteiger partial charge in [-0.25, -0.2) is 4.39 Å². The molecule has 0 amide bonds. The van der Waals surface area contributed by atoms with Crippen LogP contribution in [0.15, 0.2) is 12.1 Å². The average molecular weight is 393 g/mol. The van der Waals surface area contributed by atoms with Crippen molar-refractivity contribution in [2.75, 3.05) is 6.61 Å². The largest absolute Gasteiger partial charge is 0.491 e. The van der Waals surface area contributed by atoms with Gasteiger partial charge >= 0.3 is 0 Å². The Morgan fingerprint density at radius 1 is 0.750 bits per heavy atom. The Bertz CT molecular complexity index is 599. The van der Waals surface area contributed by atoms with Crippen LogP contribution in [0.2, 0.25) is 0 Å². The molecular formula is C25H38F2O. The lowest BCUT2D eigenvalue weighted by Crippen LogP contribution is -2.18. The fourth-order valence-electron chi connectivity index (χ4n) is 5.58. The monoisotopic (exact) mass is 392 g/mol. The van der Waals surface area contributed by atoms with Crippen LogP contribution in [0, 0.1) is 29.4 Å². The highest BCUT2D eigenvalue weighted by molar-refractivity contribution is 5.33. The third-order valence-electron chi connectivity index (χ3n) is 7.31. The van der Waals surface area contributed by atoms with Gasteiger partial charge in [-0.15, -0.1) is 0 Å².